The Morgan fingerprint density at radius 1 is 1.17 bits per heavy atom. The quantitative estimate of drug-likeness (QED) is 0.686. The van der Waals surface area contributed by atoms with E-state index in [-0.39, 0.29) is 41.7 Å². The van der Waals surface area contributed by atoms with Crippen LogP contribution < -0.4 is 5.32 Å². The van der Waals surface area contributed by atoms with Crippen LogP contribution in [0.15, 0.2) is 29.2 Å². The number of ketones is 1. The van der Waals surface area contributed by atoms with E-state index < -0.39 is 33.3 Å². The van der Waals surface area contributed by atoms with Crippen molar-refractivity contribution in [1.29, 1.82) is 0 Å². The Labute approximate surface area is 170 Å². The highest BCUT2D eigenvalue weighted by Gasteiger charge is 2.32. The lowest BCUT2D eigenvalue weighted by Gasteiger charge is -2.30. The number of hydrogen-bond donors (Lipinski definition) is 1. The number of alkyl halides is 2. The van der Waals surface area contributed by atoms with E-state index in [9.17, 15) is 26.8 Å². The number of rotatable bonds is 6. The predicted molar refractivity (Wildman–Crippen MR) is 101 cm³/mol. The van der Waals surface area contributed by atoms with Gasteiger partial charge in [-0.25, -0.2) is 17.2 Å². The number of amides is 1. The molecule has 1 saturated heterocycles. The second-order valence-corrected chi connectivity index (χ2v) is 9.44. The number of carbonyl (C=O) groups excluding carboxylic acids is 2. The zero-order chi connectivity index (χ0) is 21.2. The first-order chi connectivity index (χ1) is 13.7. The Morgan fingerprint density at radius 2 is 1.79 bits per heavy atom. The number of anilines is 1. The number of benzene rings is 1. The minimum absolute atomic E-state index is 0.00841. The first-order valence-electron chi connectivity index (χ1n) is 8.72. The van der Waals surface area contributed by atoms with Gasteiger partial charge in [-0.1, -0.05) is 23.5 Å². The lowest BCUT2D eigenvalue weighted by Crippen LogP contribution is -2.41. The molecule has 1 aliphatic rings. The number of aromatic nitrogens is 2. The standard InChI is InChI=1S/C17H18F2N4O4S2/c1-10(24)11-2-4-13(5-3-11)29(26,27)23-8-6-12(7-9-23)15(25)20-17-22-21-16(28-17)14(18)19/h2-5,12,14H,6-9H2,1H3,(H,20,22,25). The highest BCUT2D eigenvalue weighted by molar-refractivity contribution is 7.89. The Kier molecular flexibility index (Phi) is 6.34. The number of hydrogen-bond acceptors (Lipinski definition) is 7. The summed E-state index contributed by atoms with van der Waals surface area (Å²) in [5, 5.41) is 8.79. The van der Waals surface area contributed by atoms with E-state index in [1.807, 2.05) is 0 Å². The number of sulfonamides is 1. The van der Waals surface area contributed by atoms with Gasteiger partial charge >= 0.3 is 0 Å². The van der Waals surface area contributed by atoms with E-state index in [0.29, 0.717) is 16.9 Å². The van der Waals surface area contributed by atoms with Crippen molar-refractivity contribution in [3.05, 3.63) is 34.8 Å². The molecule has 1 fully saturated rings. The zero-order valence-corrected chi connectivity index (χ0v) is 17.0. The van der Waals surface area contributed by atoms with Crippen LogP contribution in [0.1, 0.15) is 41.6 Å². The van der Waals surface area contributed by atoms with Gasteiger partial charge in [-0.05, 0) is 31.9 Å². The van der Waals surface area contributed by atoms with Gasteiger partial charge in [0.15, 0.2) is 10.8 Å². The molecule has 0 aliphatic carbocycles. The van der Waals surface area contributed by atoms with E-state index in [1.54, 1.807) is 0 Å². The lowest BCUT2D eigenvalue weighted by molar-refractivity contribution is -0.120. The van der Waals surface area contributed by atoms with Crippen LogP contribution in [-0.4, -0.2) is 47.7 Å². The fourth-order valence-corrected chi connectivity index (χ4v) is 5.02. The number of halogens is 2. The molecule has 3 rings (SSSR count). The van der Waals surface area contributed by atoms with Crippen molar-refractivity contribution in [3.8, 4) is 0 Å². The van der Waals surface area contributed by atoms with Gasteiger partial charge in [0.1, 0.15) is 0 Å². The van der Waals surface area contributed by atoms with Crippen molar-refractivity contribution in [3.63, 3.8) is 0 Å². The molecule has 12 heteroatoms. The molecule has 2 heterocycles. The highest BCUT2D eigenvalue weighted by atomic mass is 32.2. The molecule has 1 N–H and O–H groups in total. The summed E-state index contributed by atoms with van der Waals surface area (Å²) in [6.45, 7) is 1.69. The van der Waals surface area contributed by atoms with Gasteiger partial charge in [0.2, 0.25) is 21.1 Å². The summed E-state index contributed by atoms with van der Waals surface area (Å²) in [4.78, 5) is 23.7. The minimum atomic E-state index is -3.73. The van der Waals surface area contributed by atoms with Crippen LogP contribution in [-0.2, 0) is 14.8 Å². The van der Waals surface area contributed by atoms with Crippen LogP contribution in [0.4, 0.5) is 13.9 Å². The average molecular weight is 444 g/mol. The molecule has 2 aromatic rings. The van der Waals surface area contributed by atoms with Gasteiger partial charge < -0.3 is 5.32 Å². The molecule has 1 aromatic heterocycles. The number of carbonyl (C=O) groups is 2. The summed E-state index contributed by atoms with van der Waals surface area (Å²) in [6.07, 6.45) is -2.18. The number of nitrogens with one attached hydrogen (secondary N) is 1. The maximum atomic E-state index is 12.8. The summed E-state index contributed by atoms with van der Waals surface area (Å²) in [7, 11) is -3.73. The molecule has 0 spiro atoms. The maximum Gasteiger partial charge on any atom is 0.291 e. The molecular weight excluding hydrogens is 426 g/mol. The van der Waals surface area contributed by atoms with Gasteiger partial charge in [-0.3, -0.25) is 9.59 Å². The maximum absolute atomic E-state index is 12.8. The largest absolute Gasteiger partial charge is 0.300 e. The fraction of sp³-hybridized carbons (Fsp3) is 0.412. The van der Waals surface area contributed by atoms with E-state index in [1.165, 1.54) is 35.5 Å². The van der Waals surface area contributed by atoms with Crippen LogP contribution in [0.25, 0.3) is 0 Å². The Bertz CT molecular complexity index is 1000. The molecule has 1 aliphatic heterocycles. The van der Waals surface area contributed by atoms with Gasteiger partial charge in [0.25, 0.3) is 6.43 Å². The molecule has 0 saturated carbocycles. The molecule has 0 atom stereocenters. The summed E-state index contributed by atoms with van der Waals surface area (Å²) < 4.78 is 51.9. The fourth-order valence-electron chi connectivity index (χ4n) is 2.95. The Hall–Kier alpha value is -2.31. The normalized spacial score (nSPS) is 16.1. The first kappa shape index (κ1) is 21.4. The molecule has 1 amide bonds. The second kappa shape index (κ2) is 8.59. The van der Waals surface area contributed by atoms with Crippen LogP contribution in [0.5, 0.6) is 0 Å². The molecular formula is C17H18F2N4O4S2. The van der Waals surface area contributed by atoms with Crippen LogP contribution in [0.3, 0.4) is 0 Å². The summed E-state index contributed by atoms with van der Waals surface area (Å²) in [6, 6.07) is 5.71. The summed E-state index contributed by atoms with van der Waals surface area (Å²) in [5.41, 5.74) is 0.422. The van der Waals surface area contributed by atoms with Crippen molar-refractivity contribution >= 4 is 38.2 Å². The van der Waals surface area contributed by atoms with Crippen molar-refractivity contribution in [2.45, 2.75) is 31.1 Å². The lowest BCUT2D eigenvalue weighted by atomic mass is 9.97. The van der Waals surface area contributed by atoms with E-state index in [4.69, 9.17) is 0 Å². The van der Waals surface area contributed by atoms with E-state index in [2.05, 4.69) is 15.5 Å². The monoisotopic (exact) mass is 444 g/mol. The van der Waals surface area contributed by atoms with Gasteiger partial charge in [-0.15, -0.1) is 10.2 Å². The molecule has 29 heavy (non-hydrogen) atoms. The minimum Gasteiger partial charge on any atom is -0.300 e. The predicted octanol–water partition coefficient (Wildman–Crippen LogP) is 2.72. The van der Waals surface area contributed by atoms with Gasteiger partial charge in [-0.2, -0.15) is 4.31 Å². The number of nitrogens with zero attached hydrogens (tertiary/aromatic N) is 3. The molecule has 0 radical (unpaired) electrons. The summed E-state index contributed by atoms with van der Waals surface area (Å²) >= 11 is 0.604. The van der Waals surface area contributed by atoms with Gasteiger partial charge in [0.05, 0.1) is 4.90 Å². The zero-order valence-electron chi connectivity index (χ0n) is 15.3. The number of Topliss-reactive ketones (excluding diaryl/α,β-unsaturated/α-hetero) is 1. The Balaban J connectivity index is 1.60. The highest BCUT2D eigenvalue weighted by Crippen LogP contribution is 2.28. The first-order valence-corrected chi connectivity index (χ1v) is 11.0. The topological polar surface area (TPSA) is 109 Å². The van der Waals surface area contributed by atoms with Gasteiger partial charge in [0, 0.05) is 24.6 Å². The van der Waals surface area contributed by atoms with Crippen LogP contribution >= 0.6 is 11.3 Å². The SMILES string of the molecule is CC(=O)c1ccc(S(=O)(=O)N2CCC(C(=O)Nc3nnc(C(F)F)s3)CC2)cc1. The smallest absolute Gasteiger partial charge is 0.291 e. The molecule has 8 nitrogen and oxygen atoms in total. The third-order valence-electron chi connectivity index (χ3n) is 4.58. The molecule has 0 unspecified atom stereocenters. The van der Waals surface area contributed by atoms with Crippen LogP contribution in [0, 0.1) is 5.92 Å². The molecule has 1 aromatic carbocycles. The van der Waals surface area contributed by atoms with Crippen LogP contribution in [0.2, 0.25) is 0 Å². The average Bonchev–Trinajstić information content (AvgIpc) is 3.17. The van der Waals surface area contributed by atoms with Crippen molar-refractivity contribution < 1.29 is 26.8 Å². The second-order valence-electron chi connectivity index (χ2n) is 6.49. The van der Waals surface area contributed by atoms with Crippen molar-refractivity contribution in [1.82, 2.24) is 14.5 Å². The Morgan fingerprint density at radius 3 is 2.31 bits per heavy atom. The van der Waals surface area contributed by atoms with Crippen molar-refractivity contribution in [2.24, 2.45) is 5.92 Å². The van der Waals surface area contributed by atoms with Crippen molar-refractivity contribution in [2.75, 3.05) is 18.4 Å². The third-order valence-corrected chi connectivity index (χ3v) is 7.34. The molecule has 156 valence electrons. The van der Waals surface area contributed by atoms with E-state index >= 15 is 0 Å². The summed E-state index contributed by atoms with van der Waals surface area (Å²) in [5.74, 6) is -1.01. The molecule has 0 bridgehead atoms. The van der Waals surface area contributed by atoms with E-state index in [0.717, 1.165) is 0 Å². The number of piperidine rings is 1. The third kappa shape index (κ3) is 4.82.